The smallest absolute Gasteiger partial charge is 0.150 e. The van der Waals surface area contributed by atoms with Crippen LogP contribution in [0.25, 0.3) is 0 Å². The predicted octanol–water partition coefficient (Wildman–Crippen LogP) is 3.74. The van der Waals surface area contributed by atoms with Gasteiger partial charge in [-0.1, -0.05) is 37.1 Å². The lowest BCUT2D eigenvalue weighted by Gasteiger charge is -2.30. The number of aldehydes is 1. The topological polar surface area (TPSA) is 17.1 Å². The molecule has 0 saturated heterocycles. The Balaban J connectivity index is 2.30. The molecule has 2 unspecified atom stereocenters. The summed E-state index contributed by atoms with van der Waals surface area (Å²) >= 11 is 0. The fourth-order valence-corrected chi connectivity index (χ4v) is 2.76. The Morgan fingerprint density at radius 2 is 2.00 bits per heavy atom. The molecule has 0 heterocycles. The average Bonchev–Trinajstić information content (AvgIpc) is 2.38. The summed E-state index contributed by atoms with van der Waals surface area (Å²) in [6, 6.07) is 7.60. The number of alkyl halides is 1. The van der Waals surface area contributed by atoms with Gasteiger partial charge in [-0.05, 0) is 30.2 Å². The molecule has 0 bridgehead atoms. The molecule has 1 nitrogen and oxygen atoms in total. The molecule has 1 aromatic carbocycles. The van der Waals surface area contributed by atoms with E-state index < -0.39 is 0 Å². The largest absolute Gasteiger partial charge is 0.298 e. The Hall–Kier alpha value is -1.18. The highest BCUT2D eigenvalue weighted by Gasteiger charge is 2.27. The van der Waals surface area contributed by atoms with Gasteiger partial charge in [0.1, 0.15) is 6.29 Å². The zero-order chi connectivity index (χ0) is 11.4. The van der Waals surface area contributed by atoms with Gasteiger partial charge in [0, 0.05) is 5.56 Å². The minimum absolute atomic E-state index is 0.106. The van der Waals surface area contributed by atoms with Gasteiger partial charge in [-0.15, -0.1) is 0 Å². The molecule has 0 aliphatic heterocycles. The zero-order valence-electron chi connectivity index (χ0n) is 9.36. The molecule has 0 spiro atoms. The Bertz CT molecular complexity index is 362. The lowest BCUT2D eigenvalue weighted by Crippen LogP contribution is -2.20. The number of hydrogen-bond donors (Lipinski definition) is 0. The summed E-state index contributed by atoms with van der Waals surface area (Å²) < 4.78 is 13.0. The summed E-state index contributed by atoms with van der Waals surface area (Å²) in [6.45, 7) is -0.266. The molecular formula is C14H17FO. The molecule has 1 aliphatic carbocycles. The molecule has 2 heteroatoms. The van der Waals surface area contributed by atoms with Crippen LogP contribution in [0.3, 0.4) is 0 Å². The van der Waals surface area contributed by atoms with Gasteiger partial charge in [-0.2, -0.15) is 0 Å². The standard InChI is InChI=1S/C14H17FO/c15-9-11-5-1-3-7-13(11)14-8-4-2-6-12(14)10-16/h2,4,6,8,10-11,13H,1,3,5,7,9H2. The number of benzene rings is 1. The third-order valence-corrected chi connectivity index (χ3v) is 3.63. The van der Waals surface area contributed by atoms with Crippen LogP contribution in [0.4, 0.5) is 4.39 Å². The van der Waals surface area contributed by atoms with Gasteiger partial charge in [0.05, 0.1) is 6.67 Å². The second-order valence-corrected chi connectivity index (χ2v) is 4.55. The van der Waals surface area contributed by atoms with Crippen LogP contribution in [0.5, 0.6) is 0 Å². The number of hydrogen-bond acceptors (Lipinski definition) is 1. The lowest BCUT2D eigenvalue weighted by molar-refractivity contribution is 0.112. The van der Waals surface area contributed by atoms with Crippen LogP contribution in [0, 0.1) is 5.92 Å². The predicted molar refractivity (Wildman–Crippen MR) is 62.5 cm³/mol. The molecule has 1 fully saturated rings. The first-order valence-corrected chi connectivity index (χ1v) is 5.97. The molecule has 1 aromatic rings. The number of rotatable bonds is 3. The molecule has 2 atom stereocenters. The SMILES string of the molecule is O=Cc1ccccc1C1CCCCC1CF. The number of halogens is 1. The fourth-order valence-electron chi connectivity index (χ4n) is 2.76. The highest BCUT2D eigenvalue weighted by molar-refractivity contribution is 5.77. The van der Waals surface area contributed by atoms with Crippen LogP contribution in [-0.4, -0.2) is 13.0 Å². The van der Waals surface area contributed by atoms with Gasteiger partial charge in [0.15, 0.2) is 0 Å². The summed E-state index contributed by atoms with van der Waals surface area (Å²) in [6.07, 6.45) is 5.12. The summed E-state index contributed by atoms with van der Waals surface area (Å²) in [5.74, 6) is 0.343. The van der Waals surface area contributed by atoms with Gasteiger partial charge >= 0.3 is 0 Å². The second kappa shape index (κ2) is 5.24. The number of carbonyl (C=O) groups excluding carboxylic acids is 1. The molecular weight excluding hydrogens is 203 g/mol. The first-order chi connectivity index (χ1) is 7.86. The quantitative estimate of drug-likeness (QED) is 0.709. The highest BCUT2D eigenvalue weighted by Crippen LogP contribution is 2.38. The Labute approximate surface area is 95.7 Å². The van der Waals surface area contributed by atoms with Gasteiger partial charge in [0.25, 0.3) is 0 Å². The van der Waals surface area contributed by atoms with Crippen molar-refractivity contribution in [1.82, 2.24) is 0 Å². The van der Waals surface area contributed by atoms with Crippen molar-refractivity contribution in [1.29, 1.82) is 0 Å². The first-order valence-electron chi connectivity index (χ1n) is 5.97. The maximum atomic E-state index is 13.0. The van der Waals surface area contributed by atoms with Gasteiger partial charge < -0.3 is 0 Å². The fraction of sp³-hybridized carbons (Fsp3) is 0.500. The van der Waals surface area contributed by atoms with Crippen molar-refractivity contribution in [2.75, 3.05) is 6.67 Å². The molecule has 1 saturated carbocycles. The highest BCUT2D eigenvalue weighted by atomic mass is 19.1. The number of carbonyl (C=O) groups is 1. The van der Waals surface area contributed by atoms with Crippen molar-refractivity contribution in [3.8, 4) is 0 Å². The Morgan fingerprint density at radius 1 is 1.25 bits per heavy atom. The van der Waals surface area contributed by atoms with E-state index in [1.165, 1.54) is 0 Å². The third-order valence-electron chi connectivity index (χ3n) is 3.63. The van der Waals surface area contributed by atoms with Crippen molar-refractivity contribution < 1.29 is 9.18 Å². The van der Waals surface area contributed by atoms with E-state index in [0.717, 1.165) is 43.1 Å². The molecule has 0 N–H and O–H groups in total. The summed E-state index contributed by atoms with van der Waals surface area (Å²) in [4.78, 5) is 11.0. The molecule has 2 rings (SSSR count). The maximum absolute atomic E-state index is 13.0. The van der Waals surface area contributed by atoms with Crippen molar-refractivity contribution >= 4 is 6.29 Å². The monoisotopic (exact) mass is 220 g/mol. The van der Waals surface area contributed by atoms with E-state index in [2.05, 4.69) is 0 Å². The van der Waals surface area contributed by atoms with Gasteiger partial charge in [-0.25, -0.2) is 0 Å². The van der Waals surface area contributed by atoms with Crippen molar-refractivity contribution in [3.63, 3.8) is 0 Å². The molecule has 0 aromatic heterocycles. The van der Waals surface area contributed by atoms with Crippen LogP contribution < -0.4 is 0 Å². The summed E-state index contributed by atoms with van der Waals surface area (Å²) in [7, 11) is 0. The van der Waals surface area contributed by atoms with Crippen LogP contribution >= 0.6 is 0 Å². The van der Waals surface area contributed by atoms with Crippen molar-refractivity contribution in [2.45, 2.75) is 31.6 Å². The van der Waals surface area contributed by atoms with Crippen LogP contribution in [0.2, 0.25) is 0 Å². The first kappa shape index (κ1) is 11.3. The average molecular weight is 220 g/mol. The Morgan fingerprint density at radius 3 is 2.75 bits per heavy atom. The van der Waals surface area contributed by atoms with E-state index in [9.17, 15) is 9.18 Å². The van der Waals surface area contributed by atoms with E-state index in [-0.39, 0.29) is 18.5 Å². The Kier molecular flexibility index (Phi) is 3.70. The van der Waals surface area contributed by atoms with Crippen LogP contribution in [0.1, 0.15) is 47.5 Å². The van der Waals surface area contributed by atoms with E-state index in [4.69, 9.17) is 0 Å². The normalized spacial score (nSPS) is 25.3. The zero-order valence-corrected chi connectivity index (χ0v) is 9.36. The third kappa shape index (κ3) is 2.16. The molecule has 16 heavy (non-hydrogen) atoms. The lowest BCUT2D eigenvalue weighted by atomic mass is 9.75. The minimum atomic E-state index is -0.266. The van der Waals surface area contributed by atoms with Crippen LogP contribution in [-0.2, 0) is 0 Å². The van der Waals surface area contributed by atoms with E-state index in [0.29, 0.717) is 0 Å². The molecule has 1 aliphatic rings. The van der Waals surface area contributed by atoms with Gasteiger partial charge in [0.2, 0.25) is 0 Å². The van der Waals surface area contributed by atoms with Crippen molar-refractivity contribution in [2.24, 2.45) is 5.92 Å². The molecule has 86 valence electrons. The van der Waals surface area contributed by atoms with E-state index >= 15 is 0 Å². The van der Waals surface area contributed by atoms with Crippen molar-refractivity contribution in [3.05, 3.63) is 35.4 Å². The minimum Gasteiger partial charge on any atom is -0.298 e. The second-order valence-electron chi connectivity index (χ2n) is 4.55. The van der Waals surface area contributed by atoms with Crippen LogP contribution in [0.15, 0.2) is 24.3 Å². The summed E-state index contributed by atoms with van der Waals surface area (Å²) in [5, 5.41) is 0. The summed E-state index contributed by atoms with van der Waals surface area (Å²) in [5.41, 5.74) is 1.77. The molecule has 0 amide bonds. The van der Waals surface area contributed by atoms with E-state index in [1.807, 2.05) is 24.3 Å². The van der Waals surface area contributed by atoms with Gasteiger partial charge in [-0.3, -0.25) is 9.18 Å². The maximum Gasteiger partial charge on any atom is 0.150 e. The molecule has 0 radical (unpaired) electrons. The van der Waals surface area contributed by atoms with E-state index in [1.54, 1.807) is 0 Å².